The third-order valence-corrected chi connectivity index (χ3v) is 6.43. The fraction of sp³-hybridized carbons (Fsp3) is 0.680. The molecule has 1 unspecified atom stereocenters. The maximum atomic E-state index is 12.4. The van der Waals surface area contributed by atoms with E-state index in [9.17, 15) is 4.79 Å². The molecule has 0 aliphatic rings. The fourth-order valence-corrected chi connectivity index (χ4v) is 4.10. The summed E-state index contributed by atoms with van der Waals surface area (Å²) in [5.74, 6) is -0.163. The highest BCUT2D eigenvalue weighted by Crippen LogP contribution is 2.29. The molecule has 0 heterocycles. The van der Waals surface area contributed by atoms with Gasteiger partial charge in [-0.1, -0.05) is 118 Å². The molecule has 33 heavy (non-hydrogen) atoms. The van der Waals surface area contributed by atoms with Crippen LogP contribution in [-0.4, -0.2) is 21.0 Å². The Bertz CT molecular complexity index is 725. The first-order chi connectivity index (χ1) is 15.6. The number of anilines is 1. The molecule has 0 saturated carbocycles. The zero-order valence-electron chi connectivity index (χ0n) is 20.2. The zero-order valence-corrected chi connectivity index (χ0v) is 23.3. The Morgan fingerprint density at radius 1 is 0.909 bits per heavy atom. The minimum absolute atomic E-state index is 0.163. The number of carbonyl (C=O) groups is 1. The molecule has 4 nitrogen and oxygen atoms in total. The molecule has 0 saturated heterocycles. The van der Waals surface area contributed by atoms with Gasteiger partial charge in [0.2, 0.25) is 9.70 Å². The molecule has 8 heteroatoms. The number of nitrogens with one attached hydrogen (secondary N) is 3. The maximum absolute atomic E-state index is 12.4. The van der Waals surface area contributed by atoms with E-state index in [0.717, 1.165) is 36.1 Å². The number of benzene rings is 1. The van der Waals surface area contributed by atoms with Gasteiger partial charge in [-0.25, -0.2) is 0 Å². The van der Waals surface area contributed by atoms with Gasteiger partial charge in [0.1, 0.15) is 6.17 Å². The lowest BCUT2D eigenvalue weighted by molar-refractivity contribution is -0.122. The molecule has 0 fully saturated rings. The van der Waals surface area contributed by atoms with Gasteiger partial charge in [0.05, 0.1) is 0 Å². The lowest BCUT2D eigenvalue weighted by Gasteiger charge is -2.28. The number of hydrogen-bond acceptors (Lipinski definition) is 2. The zero-order chi connectivity index (χ0) is 24.7. The van der Waals surface area contributed by atoms with Crippen molar-refractivity contribution in [2.45, 2.75) is 108 Å². The Kier molecular flexibility index (Phi) is 15.4. The van der Waals surface area contributed by atoms with E-state index in [1.54, 1.807) is 0 Å². The van der Waals surface area contributed by atoms with Crippen molar-refractivity contribution >= 4 is 63.7 Å². The number of carbonyl (C=O) groups excluding carboxylic acids is 1. The van der Waals surface area contributed by atoms with Gasteiger partial charge < -0.3 is 16.0 Å². The molecule has 1 aromatic carbocycles. The first kappa shape index (κ1) is 30.3. The van der Waals surface area contributed by atoms with Gasteiger partial charge in [-0.05, 0) is 49.7 Å². The van der Waals surface area contributed by atoms with Crippen LogP contribution in [0, 0.1) is 13.8 Å². The molecule has 0 spiro atoms. The number of halogens is 3. The van der Waals surface area contributed by atoms with Crippen LogP contribution < -0.4 is 16.0 Å². The highest BCUT2D eigenvalue weighted by atomic mass is 35.6. The van der Waals surface area contributed by atoms with Crippen molar-refractivity contribution in [2.24, 2.45) is 0 Å². The molecule has 0 bridgehead atoms. The van der Waals surface area contributed by atoms with E-state index in [-0.39, 0.29) is 11.0 Å². The second-order valence-corrected chi connectivity index (χ2v) is 11.5. The van der Waals surface area contributed by atoms with Gasteiger partial charge in [0.25, 0.3) is 0 Å². The summed E-state index contributed by atoms with van der Waals surface area (Å²) in [7, 11) is 0. The molecule has 1 rings (SSSR count). The number of thiocarbonyl (C=S) groups is 1. The van der Waals surface area contributed by atoms with E-state index in [1.165, 1.54) is 51.4 Å². The van der Waals surface area contributed by atoms with Crippen molar-refractivity contribution in [3.05, 3.63) is 29.3 Å². The summed E-state index contributed by atoms with van der Waals surface area (Å²) >= 11 is 23.6. The summed E-state index contributed by atoms with van der Waals surface area (Å²) in [6.45, 7) is 6.22. The molecule has 0 aromatic heterocycles. The highest BCUT2D eigenvalue weighted by molar-refractivity contribution is 7.80. The molecule has 0 aliphatic carbocycles. The SMILES string of the molecule is CCCCCCCCCCCCCC(=O)NC(NC(=S)Nc1cc(C)ccc1C)C(Cl)(Cl)Cl. The molecule has 0 aliphatic heterocycles. The van der Waals surface area contributed by atoms with Crippen LogP contribution >= 0.6 is 47.0 Å². The highest BCUT2D eigenvalue weighted by Gasteiger charge is 2.34. The second kappa shape index (κ2) is 16.8. The molecule has 188 valence electrons. The van der Waals surface area contributed by atoms with Crippen LogP contribution in [0.25, 0.3) is 0 Å². The summed E-state index contributed by atoms with van der Waals surface area (Å²) in [5, 5.41) is 9.06. The first-order valence-corrected chi connectivity index (χ1v) is 13.7. The Morgan fingerprint density at radius 3 is 2.00 bits per heavy atom. The number of aryl methyl sites for hydroxylation is 2. The smallest absolute Gasteiger partial charge is 0.228 e. The second-order valence-electron chi connectivity index (χ2n) is 8.74. The van der Waals surface area contributed by atoms with Crippen LogP contribution in [0.3, 0.4) is 0 Å². The minimum atomic E-state index is -1.75. The molecule has 3 N–H and O–H groups in total. The Morgan fingerprint density at radius 2 is 1.45 bits per heavy atom. The standard InChI is InChI=1S/C25H40Cl3N3OS/c1-4-5-6-7-8-9-10-11-12-13-14-15-22(32)30-23(25(26,27)28)31-24(33)29-21-18-19(2)16-17-20(21)3/h16-18,23H,4-15H2,1-3H3,(H,30,32)(H2,29,31,33). The van der Waals surface area contributed by atoms with Crippen LogP contribution in [0.1, 0.15) is 95.1 Å². The number of hydrogen-bond donors (Lipinski definition) is 3. The summed E-state index contributed by atoms with van der Waals surface area (Å²) in [5.41, 5.74) is 3.00. The van der Waals surface area contributed by atoms with E-state index in [1.807, 2.05) is 32.0 Å². The van der Waals surface area contributed by atoms with Crippen LogP contribution in [-0.2, 0) is 4.79 Å². The molecule has 0 radical (unpaired) electrons. The van der Waals surface area contributed by atoms with Gasteiger partial charge >= 0.3 is 0 Å². The van der Waals surface area contributed by atoms with Gasteiger partial charge in [-0.15, -0.1) is 0 Å². The summed E-state index contributed by atoms with van der Waals surface area (Å²) in [6, 6.07) is 6.01. The third kappa shape index (κ3) is 14.3. The maximum Gasteiger partial charge on any atom is 0.228 e. The monoisotopic (exact) mass is 535 g/mol. The van der Waals surface area contributed by atoms with Gasteiger partial charge in [0.15, 0.2) is 5.11 Å². The van der Waals surface area contributed by atoms with Crippen LogP contribution in [0.4, 0.5) is 5.69 Å². The van der Waals surface area contributed by atoms with Crippen LogP contribution in [0.15, 0.2) is 18.2 Å². The van der Waals surface area contributed by atoms with E-state index in [0.29, 0.717) is 6.42 Å². The van der Waals surface area contributed by atoms with Crippen molar-refractivity contribution in [3.8, 4) is 0 Å². The van der Waals surface area contributed by atoms with E-state index in [4.69, 9.17) is 47.0 Å². The van der Waals surface area contributed by atoms with E-state index < -0.39 is 9.96 Å². The third-order valence-electron chi connectivity index (χ3n) is 5.56. The molecule has 1 aromatic rings. The Balaban J connectivity index is 2.31. The van der Waals surface area contributed by atoms with Crippen molar-refractivity contribution in [1.82, 2.24) is 10.6 Å². The topological polar surface area (TPSA) is 53.2 Å². The van der Waals surface area contributed by atoms with Crippen molar-refractivity contribution in [1.29, 1.82) is 0 Å². The predicted octanol–water partition coefficient (Wildman–Crippen LogP) is 8.10. The van der Waals surface area contributed by atoms with Gasteiger partial charge in [0, 0.05) is 12.1 Å². The molecule has 1 atom stereocenters. The summed E-state index contributed by atoms with van der Waals surface area (Å²) < 4.78 is -1.75. The molecular weight excluding hydrogens is 497 g/mol. The summed E-state index contributed by atoms with van der Waals surface area (Å²) in [4.78, 5) is 12.4. The average Bonchev–Trinajstić information content (AvgIpc) is 2.73. The minimum Gasteiger partial charge on any atom is -0.339 e. The van der Waals surface area contributed by atoms with Crippen LogP contribution in [0.2, 0.25) is 0 Å². The molecule has 1 amide bonds. The van der Waals surface area contributed by atoms with E-state index in [2.05, 4.69) is 22.9 Å². The van der Waals surface area contributed by atoms with E-state index >= 15 is 0 Å². The molecular formula is C25H40Cl3N3OS. The number of amides is 1. The number of rotatable bonds is 15. The van der Waals surface area contributed by atoms with Crippen molar-refractivity contribution in [2.75, 3.05) is 5.32 Å². The Labute approximate surface area is 220 Å². The lowest BCUT2D eigenvalue weighted by atomic mass is 10.1. The van der Waals surface area contributed by atoms with Gasteiger partial charge in [-0.2, -0.15) is 0 Å². The Hall–Kier alpha value is -0.750. The quantitative estimate of drug-likeness (QED) is 0.0917. The summed E-state index contributed by atoms with van der Waals surface area (Å²) in [6.07, 6.45) is 13.0. The number of alkyl halides is 3. The fourth-order valence-electron chi connectivity index (χ4n) is 3.54. The normalized spacial score (nSPS) is 12.3. The average molecular weight is 537 g/mol. The van der Waals surface area contributed by atoms with Gasteiger partial charge in [-0.3, -0.25) is 4.79 Å². The first-order valence-electron chi connectivity index (χ1n) is 12.1. The number of unbranched alkanes of at least 4 members (excludes halogenated alkanes) is 10. The lowest BCUT2D eigenvalue weighted by Crippen LogP contribution is -2.56. The predicted molar refractivity (Wildman–Crippen MR) is 149 cm³/mol. The van der Waals surface area contributed by atoms with Crippen molar-refractivity contribution < 1.29 is 4.79 Å². The van der Waals surface area contributed by atoms with Crippen LogP contribution in [0.5, 0.6) is 0 Å². The van der Waals surface area contributed by atoms with Crippen molar-refractivity contribution in [3.63, 3.8) is 0 Å². The largest absolute Gasteiger partial charge is 0.339 e.